The number of imide groups is 1. The van der Waals surface area contributed by atoms with Crippen LogP contribution in [0.25, 0.3) is 6.08 Å². The Bertz CT molecular complexity index is 1360. The molecule has 1 saturated heterocycles. The molecular weight excluding hydrogens is 494 g/mol. The van der Waals surface area contributed by atoms with E-state index in [0.717, 1.165) is 22.4 Å². The Morgan fingerprint density at radius 1 is 1.08 bits per heavy atom. The molecular formula is C28H26ClN3O5. The van der Waals surface area contributed by atoms with Crippen LogP contribution in [-0.2, 0) is 22.6 Å². The summed E-state index contributed by atoms with van der Waals surface area (Å²) in [6, 6.07) is 19.5. The summed E-state index contributed by atoms with van der Waals surface area (Å²) in [4.78, 5) is 38.8. The van der Waals surface area contributed by atoms with Gasteiger partial charge in [-0.1, -0.05) is 67.1 Å². The van der Waals surface area contributed by atoms with Gasteiger partial charge >= 0.3 is 6.03 Å². The molecule has 37 heavy (non-hydrogen) atoms. The number of hydrogen-bond donors (Lipinski definition) is 2. The number of rotatable bonds is 9. The number of nitrogens with one attached hydrogen (secondary N) is 2. The van der Waals surface area contributed by atoms with Gasteiger partial charge < -0.3 is 20.1 Å². The molecule has 0 radical (unpaired) electrons. The topological polar surface area (TPSA) is 97.0 Å². The standard InChI is InChI=1S/C28H26ClN3O5/c1-3-20-11-7-8-12-22(20)30-25(33)16-32-27(34)23(31-28(32)35)14-19-13-21(29)26(24(15-19)36-2)37-17-18-9-5-4-6-10-18/h4-15H,3,16-17H2,1-2H3,(H,30,33)(H,31,35)/b23-14+. The summed E-state index contributed by atoms with van der Waals surface area (Å²) in [6.07, 6.45) is 2.20. The van der Waals surface area contributed by atoms with E-state index < -0.39 is 24.4 Å². The lowest BCUT2D eigenvalue weighted by Gasteiger charge is -2.14. The minimum atomic E-state index is -0.684. The number of carbonyl (C=O) groups is 3. The first-order valence-corrected chi connectivity index (χ1v) is 12.0. The molecule has 0 atom stereocenters. The molecule has 1 aliphatic rings. The van der Waals surface area contributed by atoms with Gasteiger partial charge in [-0.15, -0.1) is 0 Å². The highest BCUT2D eigenvalue weighted by molar-refractivity contribution is 6.32. The van der Waals surface area contributed by atoms with E-state index in [2.05, 4.69) is 10.6 Å². The van der Waals surface area contributed by atoms with Crippen LogP contribution in [0.5, 0.6) is 11.5 Å². The maximum Gasteiger partial charge on any atom is 0.329 e. The van der Waals surface area contributed by atoms with Crippen LogP contribution in [0.2, 0.25) is 5.02 Å². The molecule has 4 rings (SSSR count). The molecule has 1 aliphatic heterocycles. The molecule has 1 fully saturated rings. The lowest BCUT2D eigenvalue weighted by atomic mass is 10.1. The van der Waals surface area contributed by atoms with E-state index in [4.69, 9.17) is 21.1 Å². The Hall–Kier alpha value is -4.30. The molecule has 2 N–H and O–H groups in total. The van der Waals surface area contributed by atoms with E-state index >= 15 is 0 Å². The zero-order valence-corrected chi connectivity index (χ0v) is 21.2. The van der Waals surface area contributed by atoms with Gasteiger partial charge in [-0.25, -0.2) is 9.69 Å². The SMILES string of the molecule is CCc1ccccc1NC(=O)CN1C(=O)N/C(=C/c2cc(Cl)c(OCc3ccccc3)c(OC)c2)C1=O. The number of aryl methyl sites for hydroxylation is 1. The van der Waals surface area contributed by atoms with Gasteiger partial charge in [-0.05, 0) is 47.4 Å². The van der Waals surface area contributed by atoms with Gasteiger partial charge in [-0.2, -0.15) is 0 Å². The van der Waals surface area contributed by atoms with Gasteiger partial charge in [0.1, 0.15) is 18.8 Å². The number of amides is 4. The molecule has 0 aliphatic carbocycles. The second-order valence-corrected chi connectivity index (χ2v) is 8.65. The third-order valence-electron chi connectivity index (χ3n) is 5.73. The van der Waals surface area contributed by atoms with Crippen molar-refractivity contribution in [2.75, 3.05) is 19.0 Å². The maximum absolute atomic E-state index is 12.9. The average molecular weight is 520 g/mol. The lowest BCUT2D eigenvalue weighted by molar-refractivity contribution is -0.127. The molecule has 0 bridgehead atoms. The average Bonchev–Trinajstić information content (AvgIpc) is 3.15. The van der Waals surface area contributed by atoms with Gasteiger partial charge in [0.15, 0.2) is 11.5 Å². The van der Waals surface area contributed by atoms with Gasteiger partial charge in [0, 0.05) is 5.69 Å². The Labute approximate surface area is 219 Å². The fourth-order valence-electron chi connectivity index (χ4n) is 3.86. The Morgan fingerprint density at radius 3 is 2.54 bits per heavy atom. The van der Waals surface area contributed by atoms with Gasteiger partial charge in [-0.3, -0.25) is 9.59 Å². The van der Waals surface area contributed by atoms with Crippen molar-refractivity contribution >= 4 is 41.2 Å². The van der Waals surface area contributed by atoms with E-state index in [1.54, 1.807) is 24.3 Å². The fourth-order valence-corrected chi connectivity index (χ4v) is 4.13. The second-order valence-electron chi connectivity index (χ2n) is 8.25. The summed E-state index contributed by atoms with van der Waals surface area (Å²) in [5, 5.41) is 5.56. The number of benzene rings is 3. The highest BCUT2D eigenvalue weighted by atomic mass is 35.5. The number of ether oxygens (including phenoxy) is 2. The number of nitrogens with zero attached hydrogens (tertiary/aromatic N) is 1. The number of urea groups is 1. The van der Waals surface area contributed by atoms with E-state index in [0.29, 0.717) is 29.4 Å². The Balaban J connectivity index is 1.47. The van der Waals surface area contributed by atoms with Gasteiger partial charge in [0.2, 0.25) is 5.91 Å². The Morgan fingerprint density at radius 2 is 1.81 bits per heavy atom. The van der Waals surface area contributed by atoms with E-state index in [1.807, 2.05) is 49.4 Å². The second kappa shape index (κ2) is 11.6. The molecule has 0 unspecified atom stereocenters. The highest BCUT2D eigenvalue weighted by Crippen LogP contribution is 2.37. The molecule has 0 spiro atoms. The highest BCUT2D eigenvalue weighted by Gasteiger charge is 2.35. The van der Waals surface area contributed by atoms with Crippen molar-refractivity contribution in [3.05, 3.63) is 94.1 Å². The first-order valence-electron chi connectivity index (χ1n) is 11.7. The third kappa shape index (κ3) is 6.10. The van der Waals surface area contributed by atoms with Gasteiger partial charge in [0.25, 0.3) is 5.91 Å². The number of methoxy groups -OCH3 is 1. The van der Waals surface area contributed by atoms with Crippen molar-refractivity contribution in [3.63, 3.8) is 0 Å². The smallest absolute Gasteiger partial charge is 0.329 e. The van der Waals surface area contributed by atoms with Crippen molar-refractivity contribution in [1.29, 1.82) is 0 Å². The van der Waals surface area contributed by atoms with Crippen LogP contribution in [0.1, 0.15) is 23.6 Å². The Kier molecular flexibility index (Phi) is 8.10. The van der Waals surface area contributed by atoms with E-state index in [9.17, 15) is 14.4 Å². The number of halogens is 1. The van der Waals surface area contributed by atoms with Crippen LogP contribution in [0, 0.1) is 0 Å². The summed E-state index contributed by atoms with van der Waals surface area (Å²) < 4.78 is 11.3. The zero-order valence-electron chi connectivity index (χ0n) is 20.4. The number of hydrogen-bond acceptors (Lipinski definition) is 5. The van der Waals surface area contributed by atoms with Crippen molar-refractivity contribution in [3.8, 4) is 11.5 Å². The molecule has 3 aromatic rings. The molecule has 4 amide bonds. The van der Waals surface area contributed by atoms with Crippen LogP contribution < -0.4 is 20.1 Å². The van der Waals surface area contributed by atoms with Crippen molar-refractivity contribution in [2.24, 2.45) is 0 Å². The molecule has 9 heteroatoms. The molecule has 0 saturated carbocycles. The monoisotopic (exact) mass is 519 g/mol. The summed E-state index contributed by atoms with van der Waals surface area (Å²) >= 11 is 6.46. The normalized spacial score (nSPS) is 14.0. The molecule has 8 nitrogen and oxygen atoms in total. The van der Waals surface area contributed by atoms with Crippen molar-refractivity contribution in [1.82, 2.24) is 10.2 Å². The van der Waals surface area contributed by atoms with Crippen molar-refractivity contribution in [2.45, 2.75) is 20.0 Å². The number of anilines is 1. The fraction of sp³-hybridized carbons (Fsp3) is 0.179. The van der Waals surface area contributed by atoms with Crippen LogP contribution in [-0.4, -0.2) is 36.4 Å². The number of para-hydroxylation sites is 1. The van der Waals surface area contributed by atoms with E-state index in [-0.39, 0.29) is 10.7 Å². The molecule has 1 heterocycles. The first kappa shape index (κ1) is 25.8. The summed E-state index contributed by atoms with van der Waals surface area (Å²) in [5.41, 5.74) is 3.10. The van der Waals surface area contributed by atoms with Crippen LogP contribution in [0.4, 0.5) is 10.5 Å². The predicted molar refractivity (Wildman–Crippen MR) is 141 cm³/mol. The maximum atomic E-state index is 12.9. The largest absolute Gasteiger partial charge is 0.493 e. The first-order chi connectivity index (χ1) is 17.9. The lowest BCUT2D eigenvalue weighted by Crippen LogP contribution is -2.38. The zero-order chi connectivity index (χ0) is 26.4. The minimum absolute atomic E-state index is 0.0165. The van der Waals surface area contributed by atoms with Crippen LogP contribution >= 0.6 is 11.6 Å². The van der Waals surface area contributed by atoms with E-state index in [1.165, 1.54) is 13.2 Å². The predicted octanol–water partition coefficient (Wildman–Crippen LogP) is 5.02. The molecule has 190 valence electrons. The minimum Gasteiger partial charge on any atom is -0.493 e. The number of carbonyl (C=O) groups excluding carboxylic acids is 3. The molecule has 0 aromatic heterocycles. The quantitative estimate of drug-likeness (QED) is 0.305. The van der Waals surface area contributed by atoms with Crippen LogP contribution in [0.15, 0.2) is 72.4 Å². The summed E-state index contributed by atoms with van der Waals surface area (Å²) in [7, 11) is 1.48. The van der Waals surface area contributed by atoms with Crippen LogP contribution in [0.3, 0.4) is 0 Å². The summed E-state index contributed by atoms with van der Waals surface area (Å²) in [6.45, 7) is 1.85. The summed E-state index contributed by atoms with van der Waals surface area (Å²) in [5.74, 6) is -0.362. The third-order valence-corrected chi connectivity index (χ3v) is 6.01. The van der Waals surface area contributed by atoms with Gasteiger partial charge in [0.05, 0.1) is 12.1 Å². The van der Waals surface area contributed by atoms with Crippen molar-refractivity contribution < 1.29 is 23.9 Å². The molecule has 3 aromatic carbocycles.